The summed E-state index contributed by atoms with van der Waals surface area (Å²) in [4.78, 5) is 28.9. The minimum Gasteiger partial charge on any atom is -0.484 e. The number of likely N-dealkylation sites (tertiary alicyclic amines) is 2. The van der Waals surface area contributed by atoms with Crippen LogP contribution in [0, 0.1) is 17.2 Å². The molecule has 0 aliphatic carbocycles. The molecular weight excluding hydrogens is 342 g/mol. The Hall–Kier alpha value is -2.55. The lowest BCUT2D eigenvalue weighted by Crippen LogP contribution is -2.45. The van der Waals surface area contributed by atoms with E-state index in [1.165, 1.54) is 12.8 Å². The molecule has 2 heterocycles. The van der Waals surface area contributed by atoms with Gasteiger partial charge in [0.15, 0.2) is 6.61 Å². The molecule has 0 atom stereocenters. The van der Waals surface area contributed by atoms with Crippen molar-refractivity contribution in [1.29, 1.82) is 5.26 Å². The largest absolute Gasteiger partial charge is 0.484 e. The molecule has 2 saturated heterocycles. The van der Waals surface area contributed by atoms with E-state index >= 15 is 0 Å². The van der Waals surface area contributed by atoms with Crippen molar-refractivity contribution in [3.63, 3.8) is 0 Å². The van der Waals surface area contributed by atoms with Gasteiger partial charge in [-0.25, -0.2) is 0 Å². The zero-order valence-electron chi connectivity index (χ0n) is 15.7. The molecule has 2 aliphatic rings. The fourth-order valence-corrected chi connectivity index (χ4v) is 3.79. The SMILES string of the molecule is N#Cc1ccc(OCC(=O)N2CCC(C(=O)N3CCCCCC3)CC2)cc1. The Morgan fingerprint density at radius 3 is 2.19 bits per heavy atom. The maximum absolute atomic E-state index is 12.7. The predicted molar refractivity (Wildman–Crippen MR) is 101 cm³/mol. The number of hydrogen-bond donors (Lipinski definition) is 0. The highest BCUT2D eigenvalue weighted by Crippen LogP contribution is 2.22. The number of nitriles is 1. The first kappa shape index (κ1) is 19.2. The fourth-order valence-electron chi connectivity index (χ4n) is 3.79. The highest BCUT2D eigenvalue weighted by atomic mass is 16.5. The number of ether oxygens (including phenoxy) is 1. The molecule has 0 bridgehead atoms. The van der Waals surface area contributed by atoms with Crippen LogP contribution in [-0.2, 0) is 9.59 Å². The van der Waals surface area contributed by atoms with Crippen LogP contribution in [0.4, 0.5) is 0 Å². The summed E-state index contributed by atoms with van der Waals surface area (Å²) in [5, 5.41) is 8.80. The quantitative estimate of drug-likeness (QED) is 0.818. The molecule has 2 aliphatic heterocycles. The van der Waals surface area contributed by atoms with Crippen molar-refractivity contribution in [2.75, 3.05) is 32.8 Å². The fraction of sp³-hybridized carbons (Fsp3) is 0.571. The maximum Gasteiger partial charge on any atom is 0.260 e. The molecule has 0 N–H and O–H groups in total. The average molecular weight is 369 g/mol. The molecule has 0 unspecified atom stereocenters. The van der Waals surface area contributed by atoms with Crippen molar-refractivity contribution in [3.8, 4) is 11.8 Å². The molecule has 3 rings (SSSR count). The average Bonchev–Trinajstić information content (AvgIpc) is 3.01. The number of hydrogen-bond acceptors (Lipinski definition) is 4. The van der Waals surface area contributed by atoms with Gasteiger partial charge in [0.2, 0.25) is 5.91 Å². The van der Waals surface area contributed by atoms with Crippen molar-refractivity contribution >= 4 is 11.8 Å². The van der Waals surface area contributed by atoms with Gasteiger partial charge in [0.25, 0.3) is 5.91 Å². The molecule has 0 saturated carbocycles. The van der Waals surface area contributed by atoms with Crippen LogP contribution in [0.5, 0.6) is 5.75 Å². The number of rotatable bonds is 4. The van der Waals surface area contributed by atoms with Crippen molar-refractivity contribution in [1.82, 2.24) is 9.80 Å². The summed E-state index contributed by atoms with van der Waals surface area (Å²) in [6, 6.07) is 8.77. The molecule has 1 aromatic rings. The second-order valence-corrected chi connectivity index (χ2v) is 7.32. The smallest absolute Gasteiger partial charge is 0.260 e. The highest BCUT2D eigenvalue weighted by Gasteiger charge is 2.30. The number of benzene rings is 1. The summed E-state index contributed by atoms with van der Waals surface area (Å²) in [6.45, 7) is 2.98. The Kier molecular flexibility index (Phi) is 6.69. The van der Waals surface area contributed by atoms with Crippen LogP contribution < -0.4 is 4.74 Å². The monoisotopic (exact) mass is 369 g/mol. The lowest BCUT2D eigenvalue weighted by Gasteiger charge is -2.34. The van der Waals surface area contributed by atoms with Gasteiger partial charge in [-0.05, 0) is 49.9 Å². The first-order chi connectivity index (χ1) is 13.2. The van der Waals surface area contributed by atoms with Crippen LogP contribution >= 0.6 is 0 Å². The van der Waals surface area contributed by atoms with Gasteiger partial charge in [-0.15, -0.1) is 0 Å². The molecule has 0 radical (unpaired) electrons. The molecule has 144 valence electrons. The molecule has 6 heteroatoms. The standard InChI is InChI=1S/C21H27N3O3/c22-15-17-5-7-19(8-6-17)27-16-20(25)23-13-9-18(10-14-23)21(26)24-11-3-1-2-4-12-24/h5-8,18H,1-4,9-14,16H2. The number of carbonyl (C=O) groups excluding carboxylic acids is 2. The lowest BCUT2D eigenvalue weighted by molar-refractivity contribution is -0.141. The van der Waals surface area contributed by atoms with Gasteiger partial charge >= 0.3 is 0 Å². The summed E-state index contributed by atoms with van der Waals surface area (Å²) in [6.07, 6.45) is 6.12. The highest BCUT2D eigenvalue weighted by molar-refractivity contribution is 5.80. The van der Waals surface area contributed by atoms with Gasteiger partial charge in [-0.1, -0.05) is 12.8 Å². The summed E-state index contributed by atoms with van der Waals surface area (Å²) < 4.78 is 5.53. The third kappa shape index (κ3) is 5.22. The second kappa shape index (κ2) is 9.40. The molecule has 27 heavy (non-hydrogen) atoms. The molecule has 0 aromatic heterocycles. The van der Waals surface area contributed by atoms with E-state index in [1.807, 2.05) is 11.0 Å². The number of nitrogens with zero attached hydrogens (tertiary/aromatic N) is 3. The Morgan fingerprint density at radius 1 is 0.963 bits per heavy atom. The van der Waals surface area contributed by atoms with Gasteiger partial charge < -0.3 is 14.5 Å². The lowest BCUT2D eigenvalue weighted by atomic mass is 9.95. The van der Waals surface area contributed by atoms with Crippen molar-refractivity contribution in [2.24, 2.45) is 5.92 Å². The van der Waals surface area contributed by atoms with Crippen molar-refractivity contribution in [3.05, 3.63) is 29.8 Å². The van der Waals surface area contributed by atoms with Crippen LogP contribution in [0.15, 0.2) is 24.3 Å². The predicted octanol–water partition coefficient (Wildman–Crippen LogP) is 2.58. The van der Waals surface area contributed by atoms with E-state index in [-0.39, 0.29) is 24.3 Å². The minimum atomic E-state index is -0.0555. The van der Waals surface area contributed by atoms with Crippen molar-refractivity contribution in [2.45, 2.75) is 38.5 Å². The van der Waals surface area contributed by atoms with Gasteiger partial charge in [0.1, 0.15) is 5.75 Å². The Labute approximate surface area is 160 Å². The van der Waals surface area contributed by atoms with E-state index in [1.54, 1.807) is 29.2 Å². The summed E-state index contributed by atoms with van der Waals surface area (Å²) >= 11 is 0. The number of piperidine rings is 1. The summed E-state index contributed by atoms with van der Waals surface area (Å²) in [5.74, 6) is 0.845. The molecule has 2 amide bonds. The van der Waals surface area contributed by atoms with Gasteiger partial charge in [-0.2, -0.15) is 5.26 Å². The molecule has 6 nitrogen and oxygen atoms in total. The molecule has 2 fully saturated rings. The third-order valence-corrected chi connectivity index (χ3v) is 5.46. The van der Waals surface area contributed by atoms with E-state index in [4.69, 9.17) is 10.00 Å². The maximum atomic E-state index is 12.7. The van der Waals surface area contributed by atoms with Crippen LogP contribution in [0.2, 0.25) is 0 Å². The Morgan fingerprint density at radius 2 is 1.59 bits per heavy atom. The first-order valence-corrected chi connectivity index (χ1v) is 9.87. The number of amides is 2. The normalized spacial score (nSPS) is 18.5. The Bertz CT molecular complexity index is 680. The third-order valence-electron chi connectivity index (χ3n) is 5.46. The topological polar surface area (TPSA) is 73.6 Å². The van der Waals surface area contributed by atoms with E-state index in [0.717, 1.165) is 38.8 Å². The summed E-state index contributed by atoms with van der Waals surface area (Å²) in [5.41, 5.74) is 0.560. The minimum absolute atomic E-state index is 0.0172. The van der Waals surface area contributed by atoms with E-state index < -0.39 is 0 Å². The zero-order valence-corrected chi connectivity index (χ0v) is 15.7. The van der Waals surface area contributed by atoms with Crippen LogP contribution in [0.25, 0.3) is 0 Å². The van der Waals surface area contributed by atoms with Gasteiger partial charge in [-0.3, -0.25) is 9.59 Å². The van der Waals surface area contributed by atoms with Crippen molar-refractivity contribution < 1.29 is 14.3 Å². The van der Waals surface area contributed by atoms with Gasteiger partial charge in [0.05, 0.1) is 11.6 Å². The number of carbonyl (C=O) groups is 2. The molecule has 1 aromatic carbocycles. The van der Waals surface area contributed by atoms with Crippen LogP contribution in [-0.4, -0.2) is 54.4 Å². The second-order valence-electron chi connectivity index (χ2n) is 7.32. The van der Waals surface area contributed by atoms with E-state index in [2.05, 4.69) is 0 Å². The van der Waals surface area contributed by atoms with E-state index in [9.17, 15) is 9.59 Å². The molecule has 0 spiro atoms. The van der Waals surface area contributed by atoms with Gasteiger partial charge in [0, 0.05) is 32.1 Å². The first-order valence-electron chi connectivity index (χ1n) is 9.87. The van der Waals surface area contributed by atoms with Crippen LogP contribution in [0.3, 0.4) is 0 Å². The Balaban J connectivity index is 1.43. The van der Waals surface area contributed by atoms with E-state index in [0.29, 0.717) is 24.4 Å². The molecular formula is C21H27N3O3. The summed E-state index contributed by atoms with van der Waals surface area (Å²) in [7, 11) is 0. The van der Waals surface area contributed by atoms with Crippen LogP contribution in [0.1, 0.15) is 44.1 Å². The zero-order chi connectivity index (χ0) is 19.1.